The Bertz CT molecular complexity index is 240. The zero-order valence-corrected chi connectivity index (χ0v) is 10.7. The molecule has 0 aromatic carbocycles. The van der Waals surface area contributed by atoms with Gasteiger partial charge in [-0.3, -0.25) is 0 Å². The number of rotatable bonds is 4. The van der Waals surface area contributed by atoms with Crippen LogP contribution in [0, 0.1) is 11.3 Å². The zero-order chi connectivity index (χ0) is 12.2. The third-order valence-electron chi connectivity index (χ3n) is 3.52. The first kappa shape index (κ1) is 13.3. The molecule has 2 unspecified atom stereocenters. The van der Waals surface area contributed by atoms with Crippen LogP contribution in [-0.2, 0) is 0 Å². The van der Waals surface area contributed by atoms with Crippen LogP contribution in [0.1, 0.15) is 40.0 Å². The highest BCUT2D eigenvalue weighted by atomic mass is 16.2. The molecule has 2 amide bonds. The van der Waals surface area contributed by atoms with Gasteiger partial charge in [-0.25, -0.2) is 4.79 Å². The van der Waals surface area contributed by atoms with Gasteiger partial charge in [-0.1, -0.05) is 20.8 Å². The van der Waals surface area contributed by atoms with Crippen molar-refractivity contribution in [3.63, 3.8) is 0 Å². The van der Waals surface area contributed by atoms with Crippen molar-refractivity contribution in [3.8, 4) is 0 Å². The van der Waals surface area contributed by atoms with Crippen LogP contribution in [0.15, 0.2) is 0 Å². The second-order valence-corrected chi connectivity index (χ2v) is 5.74. The molecule has 0 heterocycles. The predicted molar refractivity (Wildman–Crippen MR) is 66.2 cm³/mol. The Morgan fingerprint density at radius 1 is 1.44 bits per heavy atom. The van der Waals surface area contributed by atoms with E-state index in [4.69, 9.17) is 5.73 Å². The summed E-state index contributed by atoms with van der Waals surface area (Å²) < 4.78 is 0. The molecule has 0 bridgehead atoms. The second-order valence-electron chi connectivity index (χ2n) is 5.74. The summed E-state index contributed by atoms with van der Waals surface area (Å²) in [5.74, 6) is 0.706. The summed E-state index contributed by atoms with van der Waals surface area (Å²) in [6, 6.07) is 0.141. The Hall–Kier alpha value is -0.770. The van der Waals surface area contributed by atoms with Gasteiger partial charge >= 0.3 is 6.03 Å². The fourth-order valence-corrected chi connectivity index (χ4v) is 2.69. The summed E-state index contributed by atoms with van der Waals surface area (Å²) in [5.41, 5.74) is 5.49. The van der Waals surface area contributed by atoms with Gasteiger partial charge in [-0.15, -0.1) is 0 Å². The van der Waals surface area contributed by atoms with Gasteiger partial charge in [-0.05, 0) is 30.6 Å². The summed E-state index contributed by atoms with van der Waals surface area (Å²) in [6.45, 7) is 8.41. The quantitative estimate of drug-likeness (QED) is 0.636. The molecule has 2 atom stereocenters. The third-order valence-corrected chi connectivity index (χ3v) is 3.52. The summed E-state index contributed by atoms with van der Waals surface area (Å²) in [5, 5.41) is 6.09. The largest absolute Gasteiger partial charge is 0.352 e. The minimum Gasteiger partial charge on any atom is -0.352 e. The Morgan fingerprint density at radius 2 is 2.12 bits per heavy atom. The van der Waals surface area contributed by atoms with Gasteiger partial charge < -0.3 is 16.4 Å². The Kier molecular flexibility index (Phi) is 4.59. The molecule has 0 aromatic heterocycles. The lowest BCUT2D eigenvalue weighted by Crippen LogP contribution is -2.45. The van der Waals surface area contributed by atoms with Crippen molar-refractivity contribution in [1.29, 1.82) is 0 Å². The summed E-state index contributed by atoms with van der Waals surface area (Å²) in [4.78, 5) is 10.5. The number of hydrogen-bond acceptors (Lipinski definition) is 2. The van der Waals surface area contributed by atoms with E-state index in [1.54, 1.807) is 0 Å². The highest BCUT2D eigenvalue weighted by Crippen LogP contribution is 2.38. The van der Waals surface area contributed by atoms with E-state index < -0.39 is 6.03 Å². The molecule has 1 aliphatic carbocycles. The van der Waals surface area contributed by atoms with Crippen LogP contribution in [0.4, 0.5) is 4.79 Å². The average molecular weight is 227 g/mol. The van der Waals surface area contributed by atoms with Crippen molar-refractivity contribution < 1.29 is 4.79 Å². The molecular formula is C12H25N3O. The molecule has 1 saturated carbocycles. The molecule has 0 aromatic rings. The highest BCUT2D eigenvalue weighted by molar-refractivity contribution is 5.71. The van der Waals surface area contributed by atoms with Crippen molar-refractivity contribution in [2.45, 2.75) is 46.1 Å². The van der Waals surface area contributed by atoms with Crippen molar-refractivity contribution in [1.82, 2.24) is 10.6 Å². The van der Waals surface area contributed by atoms with Gasteiger partial charge in [-0.2, -0.15) is 0 Å². The summed E-state index contributed by atoms with van der Waals surface area (Å²) >= 11 is 0. The highest BCUT2D eigenvalue weighted by Gasteiger charge is 2.31. The van der Waals surface area contributed by atoms with E-state index in [9.17, 15) is 4.79 Å². The number of amides is 2. The van der Waals surface area contributed by atoms with Gasteiger partial charge in [0.05, 0.1) is 0 Å². The fraction of sp³-hybridized carbons (Fsp3) is 0.917. The van der Waals surface area contributed by atoms with Crippen molar-refractivity contribution in [2.75, 3.05) is 13.1 Å². The van der Waals surface area contributed by atoms with E-state index >= 15 is 0 Å². The fourth-order valence-electron chi connectivity index (χ4n) is 2.69. The van der Waals surface area contributed by atoms with E-state index in [-0.39, 0.29) is 0 Å². The van der Waals surface area contributed by atoms with Gasteiger partial charge in [0, 0.05) is 19.1 Å². The van der Waals surface area contributed by atoms with Crippen LogP contribution in [0.25, 0.3) is 0 Å². The van der Waals surface area contributed by atoms with Gasteiger partial charge in [0.15, 0.2) is 0 Å². The molecule has 1 aliphatic rings. The number of primary amides is 1. The molecule has 0 spiro atoms. The molecular weight excluding hydrogens is 202 g/mol. The SMILES string of the molecule is CC1CC(C)(C)CCC1NCCNC(N)=O. The van der Waals surface area contributed by atoms with Crippen molar-refractivity contribution in [3.05, 3.63) is 0 Å². The van der Waals surface area contributed by atoms with Crippen LogP contribution in [0.5, 0.6) is 0 Å². The Morgan fingerprint density at radius 3 is 2.69 bits per heavy atom. The van der Waals surface area contributed by atoms with Crippen LogP contribution >= 0.6 is 0 Å². The average Bonchev–Trinajstić information content (AvgIpc) is 2.13. The molecule has 4 N–H and O–H groups in total. The first-order valence-corrected chi connectivity index (χ1v) is 6.17. The number of carbonyl (C=O) groups excluding carboxylic acids is 1. The standard InChI is InChI=1S/C12H25N3O/c1-9-8-12(2,3)5-4-10(9)14-6-7-15-11(13)16/h9-10,14H,4-8H2,1-3H3,(H3,13,15,16). The molecule has 1 rings (SSSR count). The van der Waals surface area contributed by atoms with Crippen LogP contribution < -0.4 is 16.4 Å². The molecule has 4 heteroatoms. The number of urea groups is 1. The minimum absolute atomic E-state index is 0.445. The number of nitrogens with one attached hydrogen (secondary N) is 2. The van der Waals surface area contributed by atoms with E-state index in [0.717, 1.165) is 6.54 Å². The number of nitrogens with two attached hydrogens (primary N) is 1. The monoisotopic (exact) mass is 227 g/mol. The van der Waals surface area contributed by atoms with Crippen molar-refractivity contribution in [2.24, 2.45) is 17.1 Å². The lowest BCUT2D eigenvalue weighted by Gasteiger charge is -2.39. The molecule has 0 radical (unpaired) electrons. The van der Waals surface area contributed by atoms with E-state index in [2.05, 4.69) is 31.4 Å². The van der Waals surface area contributed by atoms with Crippen molar-refractivity contribution >= 4 is 6.03 Å². The number of hydrogen-bond donors (Lipinski definition) is 3. The Labute approximate surface area is 98.3 Å². The van der Waals surface area contributed by atoms with E-state index in [0.29, 0.717) is 23.9 Å². The smallest absolute Gasteiger partial charge is 0.312 e. The third kappa shape index (κ3) is 4.39. The van der Waals surface area contributed by atoms with Gasteiger partial charge in [0.25, 0.3) is 0 Å². The topological polar surface area (TPSA) is 67.2 Å². The molecule has 0 aliphatic heterocycles. The second kappa shape index (κ2) is 5.53. The maximum Gasteiger partial charge on any atom is 0.312 e. The van der Waals surface area contributed by atoms with Crippen LogP contribution in [0.2, 0.25) is 0 Å². The first-order valence-electron chi connectivity index (χ1n) is 6.17. The molecule has 4 nitrogen and oxygen atoms in total. The number of carbonyl (C=O) groups is 1. The van der Waals surface area contributed by atoms with Crippen LogP contribution in [0.3, 0.4) is 0 Å². The zero-order valence-electron chi connectivity index (χ0n) is 10.7. The lowest BCUT2D eigenvalue weighted by molar-refractivity contribution is 0.149. The predicted octanol–water partition coefficient (Wildman–Crippen LogP) is 1.46. The van der Waals surface area contributed by atoms with Gasteiger partial charge in [0.1, 0.15) is 0 Å². The minimum atomic E-state index is -0.445. The lowest BCUT2D eigenvalue weighted by atomic mass is 9.70. The summed E-state index contributed by atoms with van der Waals surface area (Å²) in [7, 11) is 0. The molecule has 1 fully saturated rings. The first-order chi connectivity index (χ1) is 7.41. The molecule has 0 saturated heterocycles. The maximum atomic E-state index is 10.5. The summed E-state index contributed by atoms with van der Waals surface area (Å²) in [6.07, 6.45) is 3.77. The van der Waals surface area contributed by atoms with Gasteiger partial charge in [0.2, 0.25) is 0 Å². The molecule has 16 heavy (non-hydrogen) atoms. The Balaban J connectivity index is 2.21. The van der Waals surface area contributed by atoms with E-state index in [1.807, 2.05) is 0 Å². The maximum absolute atomic E-state index is 10.5. The van der Waals surface area contributed by atoms with Crippen LogP contribution in [-0.4, -0.2) is 25.2 Å². The van der Waals surface area contributed by atoms with E-state index in [1.165, 1.54) is 19.3 Å². The normalized spacial score (nSPS) is 28.7. The molecule has 94 valence electrons.